The van der Waals surface area contributed by atoms with Crippen molar-refractivity contribution in [1.29, 1.82) is 0 Å². The molecule has 1 N–H and O–H groups in total. The summed E-state index contributed by atoms with van der Waals surface area (Å²) in [7, 11) is 0. The molecule has 0 saturated heterocycles. The average molecular weight is 246 g/mol. The van der Waals surface area contributed by atoms with Crippen LogP contribution in [0.25, 0.3) is 0 Å². The predicted octanol–water partition coefficient (Wildman–Crippen LogP) is 2.27. The van der Waals surface area contributed by atoms with E-state index in [-0.39, 0.29) is 23.8 Å². The van der Waals surface area contributed by atoms with Crippen molar-refractivity contribution in [2.24, 2.45) is 0 Å². The highest BCUT2D eigenvalue weighted by Crippen LogP contribution is 2.30. The van der Waals surface area contributed by atoms with E-state index in [1.807, 2.05) is 6.07 Å². The van der Waals surface area contributed by atoms with E-state index < -0.39 is 4.92 Å². The SMILES string of the molecule is O=[N+]([O-])c1ccc(OCc2ccccn2)c(O)c1. The maximum Gasteiger partial charge on any atom is 0.273 e. The van der Waals surface area contributed by atoms with Gasteiger partial charge in [0, 0.05) is 12.3 Å². The fourth-order valence-corrected chi connectivity index (χ4v) is 1.38. The molecule has 0 unspecified atom stereocenters. The van der Waals surface area contributed by atoms with E-state index in [2.05, 4.69) is 4.98 Å². The van der Waals surface area contributed by atoms with E-state index in [0.717, 1.165) is 6.07 Å². The maximum absolute atomic E-state index is 10.5. The van der Waals surface area contributed by atoms with Gasteiger partial charge in [-0.15, -0.1) is 0 Å². The van der Waals surface area contributed by atoms with Crippen LogP contribution in [-0.4, -0.2) is 15.0 Å². The van der Waals surface area contributed by atoms with Gasteiger partial charge in [-0.2, -0.15) is 0 Å². The number of hydrogen-bond donors (Lipinski definition) is 1. The Bertz CT molecular complexity index is 557. The van der Waals surface area contributed by atoms with Crippen LogP contribution in [0.4, 0.5) is 5.69 Å². The third-order valence-electron chi connectivity index (χ3n) is 2.26. The number of ether oxygens (including phenoxy) is 1. The lowest BCUT2D eigenvalue weighted by Gasteiger charge is -2.07. The molecule has 0 aliphatic rings. The number of benzene rings is 1. The van der Waals surface area contributed by atoms with Crippen molar-refractivity contribution < 1.29 is 14.8 Å². The van der Waals surface area contributed by atoms with Crippen molar-refractivity contribution in [3.8, 4) is 11.5 Å². The molecule has 1 aromatic heterocycles. The monoisotopic (exact) mass is 246 g/mol. The highest BCUT2D eigenvalue weighted by Gasteiger charge is 2.10. The van der Waals surface area contributed by atoms with Gasteiger partial charge in [-0.25, -0.2) is 0 Å². The van der Waals surface area contributed by atoms with E-state index >= 15 is 0 Å². The number of hydrogen-bond acceptors (Lipinski definition) is 5. The molecular weight excluding hydrogens is 236 g/mol. The predicted molar refractivity (Wildman–Crippen MR) is 63.3 cm³/mol. The van der Waals surface area contributed by atoms with E-state index in [1.54, 1.807) is 18.3 Å². The first-order valence-corrected chi connectivity index (χ1v) is 5.17. The molecule has 1 heterocycles. The number of nitro benzene ring substituents is 1. The van der Waals surface area contributed by atoms with Crippen LogP contribution in [-0.2, 0) is 6.61 Å². The number of rotatable bonds is 4. The third kappa shape index (κ3) is 2.73. The minimum atomic E-state index is -0.581. The Hall–Kier alpha value is -2.63. The average Bonchev–Trinajstić information content (AvgIpc) is 2.38. The molecule has 0 atom stereocenters. The van der Waals surface area contributed by atoms with E-state index in [0.29, 0.717) is 5.69 Å². The Labute approximate surface area is 103 Å². The van der Waals surface area contributed by atoms with Gasteiger partial charge in [0.1, 0.15) is 6.61 Å². The first-order chi connectivity index (χ1) is 8.66. The normalized spacial score (nSPS) is 10.0. The van der Waals surface area contributed by atoms with Crippen LogP contribution in [0.5, 0.6) is 11.5 Å². The lowest BCUT2D eigenvalue weighted by molar-refractivity contribution is -0.385. The summed E-state index contributed by atoms with van der Waals surface area (Å²) in [4.78, 5) is 14.0. The van der Waals surface area contributed by atoms with Crippen LogP contribution in [0.2, 0.25) is 0 Å². The molecule has 0 bridgehead atoms. The minimum Gasteiger partial charge on any atom is -0.504 e. The summed E-state index contributed by atoms with van der Waals surface area (Å²) in [6, 6.07) is 9.06. The maximum atomic E-state index is 10.5. The van der Waals surface area contributed by atoms with Crippen LogP contribution in [0.1, 0.15) is 5.69 Å². The summed E-state index contributed by atoms with van der Waals surface area (Å²) in [5.41, 5.74) is 0.521. The zero-order valence-electron chi connectivity index (χ0n) is 9.31. The van der Waals surface area contributed by atoms with Crippen LogP contribution in [0.3, 0.4) is 0 Å². The first kappa shape index (κ1) is 11.8. The van der Waals surface area contributed by atoms with E-state index in [4.69, 9.17) is 4.74 Å². The molecule has 1 aromatic carbocycles. The van der Waals surface area contributed by atoms with Gasteiger partial charge in [-0.1, -0.05) is 6.07 Å². The lowest BCUT2D eigenvalue weighted by Crippen LogP contribution is -1.98. The number of phenolic OH excluding ortho intramolecular Hbond substituents is 1. The molecule has 0 saturated carbocycles. The van der Waals surface area contributed by atoms with Crippen molar-refractivity contribution in [1.82, 2.24) is 4.98 Å². The number of aromatic hydroxyl groups is 1. The van der Waals surface area contributed by atoms with Crippen molar-refractivity contribution in [3.63, 3.8) is 0 Å². The molecule has 0 aliphatic heterocycles. The molecule has 0 amide bonds. The third-order valence-corrected chi connectivity index (χ3v) is 2.26. The number of nitro groups is 1. The van der Waals surface area contributed by atoms with Crippen molar-refractivity contribution in [2.75, 3.05) is 0 Å². The van der Waals surface area contributed by atoms with Gasteiger partial charge >= 0.3 is 0 Å². The quantitative estimate of drug-likeness (QED) is 0.660. The highest BCUT2D eigenvalue weighted by atomic mass is 16.6. The number of aromatic nitrogens is 1. The van der Waals surface area contributed by atoms with Crippen LogP contribution in [0.15, 0.2) is 42.6 Å². The second-order valence-corrected chi connectivity index (χ2v) is 3.52. The molecular formula is C12H10N2O4. The van der Waals surface area contributed by atoms with E-state index in [1.165, 1.54) is 12.1 Å². The Morgan fingerprint density at radius 2 is 2.17 bits per heavy atom. The van der Waals surface area contributed by atoms with Crippen molar-refractivity contribution >= 4 is 5.69 Å². The van der Waals surface area contributed by atoms with Crippen LogP contribution >= 0.6 is 0 Å². The summed E-state index contributed by atoms with van der Waals surface area (Å²) in [5, 5.41) is 20.1. The van der Waals surface area contributed by atoms with Crippen molar-refractivity contribution in [2.45, 2.75) is 6.61 Å². The molecule has 2 rings (SSSR count). The standard InChI is InChI=1S/C12H10N2O4/c15-11-7-10(14(16)17)4-5-12(11)18-8-9-3-1-2-6-13-9/h1-7,15H,8H2. The summed E-state index contributed by atoms with van der Waals surface area (Å²) >= 11 is 0. The summed E-state index contributed by atoms with van der Waals surface area (Å²) < 4.78 is 5.32. The van der Waals surface area contributed by atoms with Gasteiger partial charge in [0.25, 0.3) is 5.69 Å². The second kappa shape index (κ2) is 5.13. The molecule has 18 heavy (non-hydrogen) atoms. The highest BCUT2D eigenvalue weighted by molar-refractivity contribution is 5.47. The molecule has 0 spiro atoms. The zero-order chi connectivity index (χ0) is 13.0. The zero-order valence-corrected chi connectivity index (χ0v) is 9.31. The van der Waals surface area contributed by atoms with Crippen molar-refractivity contribution in [3.05, 3.63) is 58.4 Å². The topological polar surface area (TPSA) is 85.5 Å². The number of pyridine rings is 1. The number of phenols is 1. The van der Waals surface area contributed by atoms with Gasteiger partial charge in [-0.05, 0) is 18.2 Å². The second-order valence-electron chi connectivity index (χ2n) is 3.52. The number of nitrogens with zero attached hydrogens (tertiary/aromatic N) is 2. The molecule has 6 nitrogen and oxygen atoms in total. The molecule has 0 aliphatic carbocycles. The van der Waals surface area contributed by atoms with E-state index in [9.17, 15) is 15.2 Å². The Balaban J connectivity index is 2.08. The fraction of sp³-hybridized carbons (Fsp3) is 0.0833. The molecule has 2 aromatic rings. The first-order valence-electron chi connectivity index (χ1n) is 5.17. The Morgan fingerprint density at radius 3 is 2.78 bits per heavy atom. The molecule has 0 fully saturated rings. The lowest BCUT2D eigenvalue weighted by atomic mass is 10.3. The van der Waals surface area contributed by atoms with Gasteiger partial charge in [0.2, 0.25) is 0 Å². The Morgan fingerprint density at radius 1 is 1.33 bits per heavy atom. The van der Waals surface area contributed by atoms with Gasteiger partial charge in [0.05, 0.1) is 16.7 Å². The molecule has 92 valence electrons. The van der Waals surface area contributed by atoms with Gasteiger partial charge in [-0.3, -0.25) is 15.1 Å². The van der Waals surface area contributed by atoms with Gasteiger partial charge < -0.3 is 9.84 Å². The van der Waals surface area contributed by atoms with Crippen LogP contribution in [0, 0.1) is 10.1 Å². The summed E-state index contributed by atoms with van der Waals surface area (Å²) in [6.45, 7) is 0.187. The van der Waals surface area contributed by atoms with Gasteiger partial charge in [0.15, 0.2) is 11.5 Å². The smallest absolute Gasteiger partial charge is 0.273 e. The fourth-order valence-electron chi connectivity index (χ4n) is 1.38. The molecule has 0 radical (unpaired) electrons. The number of non-ortho nitro benzene ring substituents is 1. The largest absolute Gasteiger partial charge is 0.504 e. The minimum absolute atomic E-state index is 0.183. The Kier molecular flexibility index (Phi) is 3.38. The summed E-state index contributed by atoms with van der Waals surface area (Å²) in [6.07, 6.45) is 1.63. The molecule has 6 heteroatoms. The summed E-state index contributed by atoms with van der Waals surface area (Å²) in [5.74, 6) is -0.0774. The van der Waals surface area contributed by atoms with Crippen LogP contribution < -0.4 is 4.74 Å².